The SMILES string of the molecule is CCN1CCOC(CNC(=O)c2cn(CCN)nn2)C1. The van der Waals surface area contributed by atoms with Crippen LogP contribution in [0.4, 0.5) is 0 Å². The number of morpholine rings is 1. The number of rotatable bonds is 6. The Morgan fingerprint density at radius 2 is 2.50 bits per heavy atom. The lowest BCUT2D eigenvalue weighted by Crippen LogP contribution is -2.47. The van der Waals surface area contributed by atoms with E-state index < -0.39 is 0 Å². The van der Waals surface area contributed by atoms with Crippen molar-refractivity contribution in [1.82, 2.24) is 25.2 Å². The molecule has 1 atom stereocenters. The van der Waals surface area contributed by atoms with Gasteiger partial charge in [-0.05, 0) is 6.54 Å². The summed E-state index contributed by atoms with van der Waals surface area (Å²) in [5.41, 5.74) is 5.72. The molecule has 1 aromatic heterocycles. The average molecular weight is 282 g/mol. The van der Waals surface area contributed by atoms with Crippen LogP contribution in [-0.2, 0) is 11.3 Å². The second-order valence-corrected chi connectivity index (χ2v) is 4.75. The molecule has 2 heterocycles. The molecule has 8 heteroatoms. The predicted molar refractivity (Wildman–Crippen MR) is 73.3 cm³/mol. The largest absolute Gasteiger partial charge is 0.374 e. The van der Waals surface area contributed by atoms with E-state index in [9.17, 15) is 4.79 Å². The van der Waals surface area contributed by atoms with Crippen molar-refractivity contribution in [2.24, 2.45) is 5.73 Å². The van der Waals surface area contributed by atoms with Crippen molar-refractivity contribution in [2.75, 3.05) is 39.3 Å². The molecular formula is C12H22N6O2. The van der Waals surface area contributed by atoms with Gasteiger partial charge in [0.25, 0.3) is 5.91 Å². The van der Waals surface area contributed by atoms with Gasteiger partial charge in [-0.2, -0.15) is 0 Å². The van der Waals surface area contributed by atoms with Gasteiger partial charge in [0.15, 0.2) is 5.69 Å². The van der Waals surface area contributed by atoms with Crippen molar-refractivity contribution >= 4 is 5.91 Å². The van der Waals surface area contributed by atoms with Crippen LogP contribution < -0.4 is 11.1 Å². The van der Waals surface area contributed by atoms with E-state index in [1.54, 1.807) is 10.9 Å². The smallest absolute Gasteiger partial charge is 0.273 e. The lowest BCUT2D eigenvalue weighted by Gasteiger charge is -2.32. The maximum atomic E-state index is 11.9. The average Bonchev–Trinajstić information content (AvgIpc) is 2.94. The highest BCUT2D eigenvalue weighted by Gasteiger charge is 2.20. The van der Waals surface area contributed by atoms with Crippen molar-refractivity contribution in [3.8, 4) is 0 Å². The van der Waals surface area contributed by atoms with E-state index in [4.69, 9.17) is 10.5 Å². The normalized spacial score (nSPS) is 20.0. The van der Waals surface area contributed by atoms with Crippen LogP contribution in [0, 0.1) is 0 Å². The molecule has 3 N–H and O–H groups in total. The van der Waals surface area contributed by atoms with E-state index in [1.807, 2.05) is 0 Å². The van der Waals surface area contributed by atoms with Crippen LogP contribution in [0.15, 0.2) is 6.20 Å². The van der Waals surface area contributed by atoms with Crippen LogP contribution >= 0.6 is 0 Å². The molecule has 1 fully saturated rings. The van der Waals surface area contributed by atoms with Gasteiger partial charge in [-0.3, -0.25) is 14.4 Å². The Balaban J connectivity index is 1.79. The number of amides is 1. The van der Waals surface area contributed by atoms with Gasteiger partial charge in [-0.25, -0.2) is 0 Å². The number of aromatic nitrogens is 3. The summed E-state index contributed by atoms with van der Waals surface area (Å²) < 4.78 is 7.19. The second kappa shape index (κ2) is 7.32. The van der Waals surface area contributed by atoms with Crippen molar-refractivity contribution in [1.29, 1.82) is 0 Å². The summed E-state index contributed by atoms with van der Waals surface area (Å²) in [5, 5.41) is 10.5. The van der Waals surface area contributed by atoms with Gasteiger partial charge < -0.3 is 15.8 Å². The standard InChI is InChI=1S/C12H22N6O2/c1-2-17-5-6-20-10(8-17)7-14-12(19)11-9-18(4-3-13)16-15-11/h9-10H,2-8,13H2,1H3,(H,14,19). The van der Waals surface area contributed by atoms with Gasteiger partial charge in [0.05, 0.1) is 25.5 Å². The minimum atomic E-state index is -0.231. The first-order valence-electron chi connectivity index (χ1n) is 6.95. The van der Waals surface area contributed by atoms with Gasteiger partial charge in [0.2, 0.25) is 0 Å². The van der Waals surface area contributed by atoms with Crippen LogP contribution in [0.3, 0.4) is 0 Å². The molecular weight excluding hydrogens is 260 g/mol. The topological polar surface area (TPSA) is 98.3 Å². The third-order valence-corrected chi connectivity index (χ3v) is 3.29. The van der Waals surface area contributed by atoms with Crippen LogP contribution in [0.25, 0.3) is 0 Å². The quantitative estimate of drug-likeness (QED) is 0.672. The molecule has 20 heavy (non-hydrogen) atoms. The molecule has 0 bridgehead atoms. The van der Waals surface area contributed by atoms with E-state index in [0.717, 1.165) is 19.6 Å². The van der Waals surface area contributed by atoms with Crippen molar-refractivity contribution in [3.05, 3.63) is 11.9 Å². The Hall–Kier alpha value is -1.51. The van der Waals surface area contributed by atoms with Crippen LogP contribution in [0.2, 0.25) is 0 Å². The Bertz CT molecular complexity index is 435. The summed E-state index contributed by atoms with van der Waals surface area (Å²) in [6.07, 6.45) is 1.63. The Labute approximate surface area is 118 Å². The summed E-state index contributed by atoms with van der Waals surface area (Å²) in [5.74, 6) is -0.231. The number of carbonyl (C=O) groups excluding carboxylic acids is 1. The Kier molecular flexibility index (Phi) is 5.45. The van der Waals surface area contributed by atoms with Crippen molar-refractivity contribution < 1.29 is 9.53 Å². The first kappa shape index (κ1) is 14.9. The fraction of sp³-hybridized carbons (Fsp3) is 0.750. The summed E-state index contributed by atoms with van der Waals surface area (Å²) in [6.45, 7) is 7.13. The van der Waals surface area contributed by atoms with E-state index in [1.165, 1.54) is 0 Å². The number of likely N-dealkylation sites (N-methyl/N-ethyl adjacent to an activating group) is 1. The molecule has 0 saturated carbocycles. The zero-order chi connectivity index (χ0) is 14.4. The minimum absolute atomic E-state index is 0.0340. The van der Waals surface area contributed by atoms with Crippen molar-refractivity contribution in [3.63, 3.8) is 0 Å². The highest BCUT2D eigenvalue weighted by atomic mass is 16.5. The maximum absolute atomic E-state index is 11.9. The number of nitrogens with two attached hydrogens (primary N) is 1. The second-order valence-electron chi connectivity index (χ2n) is 4.75. The molecule has 0 aromatic carbocycles. The van der Waals surface area contributed by atoms with Gasteiger partial charge in [0.1, 0.15) is 0 Å². The Morgan fingerprint density at radius 3 is 3.25 bits per heavy atom. The highest BCUT2D eigenvalue weighted by Crippen LogP contribution is 2.04. The molecule has 112 valence electrons. The Morgan fingerprint density at radius 1 is 1.65 bits per heavy atom. The number of hydrogen-bond acceptors (Lipinski definition) is 6. The van der Waals surface area contributed by atoms with Crippen LogP contribution in [-0.4, -0.2) is 71.2 Å². The maximum Gasteiger partial charge on any atom is 0.273 e. The first-order chi connectivity index (χ1) is 9.72. The fourth-order valence-electron chi connectivity index (χ4n) is 2.13. The van der Waals surface area contributed by atoms with E-state index in [2.05, 4.69) is 27.5 Å². The zero-order valence-electron chi connectivity index (χ0n) is 11.8. The molecule has 1 amide bonds. The molecule has 0 spiro atoms. The first-order valence-corrected chi connectivity index (χ1v) is 6.95. The van der Waals surface area contributed by atoms with E-state index in [0.29, 0.717) is 31.9 Å². The molecule has 8 nitrogen and oxygen atoms in total. The van der Waals surface area contributed by atoms with Gasteiger partial charge in [-0.15, -0.1) is 5.10 Å². The van der Waals surface area contributed by atoms with Crippen LogP contribution in [0.1, 0.15) is 17.4 Å². The third kappa shape index (κ3) is 3.99. The summed E-state index contributed by atoms with van der Waals surface area (Å²) in [6, 6.07) is 0. The summed E-state index contributed by atoms with van der Waals surface area (Å²) >= 11 is 0. The summed E-state index contributed by atoms with van der Waals surface area (Å²) in [4.78, 5) is 14.2. The molecule has 1 aliphatic rings. The lowest BCUT2D eigenvalue weighted by atomic mass is 10.2. The van der Waals surface area contributed by atoms with Gasteiger partial charge in [-0.1, -0.05) is 12.1 Å². The van der Waals surface area contributed by atoms with Gasteiger partial charge in [0, 0.05) is 26.2 Å². The van der Waals surface area contributed by atoms with Gasteiger partial charge >= 0.3 is 0 Å². The van der Waals surface area contributed by atoms with Crippen LogP contribution in [0.5, 0.6) is 0 Å². The molecule has 1 saturated heterocycles. The number of hydrogen-bond donors (Lipinski definition) is 2. The molecule has 2 rings (SSSR count). The highest BCUT2D eigenvalue weighted by molar-refractivity contribution is 5.91. The van der Waals surface area contributed by atoms with E-state index in [-0.39, 0.29) is 12.0 Å². The molecule has 1 aliphatic heterocycles. The molecule has 0 radical (unpaired) electrons. The number of nitrogens with zero attached hydrogens (tertiary/aromatic N) is 4. The zero-order valence-corrected chi connectivity index (χ0v) is 11.8. The number of nitrogens with one attached hydrogen (secondary N) is 1. The number of ether oxygens (including phenoxy) is 1. The lowest BCUT2D eigenvalue weighted by molar-refractivity contribution is -0.0246. The van der Waals surface area contributed by atoms with E-state index >= 15 is 0 Å². The molecule has 1 unspecified atom stereocenters. The molecule has 0 aliphatic carbocycles. The van der Waals surface area contributed by atoms with Crippen molar-refractivity contribution in [2.45, 2.75) is 19.6 Å². The fourth-order valence-corrected chi connectivity index (χ4v) is 2.13. The summed E-state index contributed by atoms with van der Waals surface area (Å²) in [7, 11) is 0. The number of carbonyl (C=O) groups is 1. The molecule has 1 aromatic rings. The third-order valence-electron chi connectivity index (χ3n) is 3.29. The monoisotopic (exact) mass is 282 g/mol. The minimum Gasteiger partial charge on any atom is -0.374 e. The predicted octanol–water partition coefficient (Wildman–Crippen LogP) is -1.31.